The van der Waals surface area contributed by atoms with E-state index >= 15 is 0 Å². The van der Waals surface area contributed by atoms with Crippen molar-refractivity contribution in [3.05, 3.63) is 28.2 Å². The molecule has 0 heterocycles. The van der Waals surface area contributed by atoms with E-state index in [1.54, 1.807) is 0 Å². The molecule has 4 heteroatoms. The Hall–Kier alpha value is -0.190. The number of thioether (sulfide) groups is 1. The first kappa shape index (κ1) is 14.9. The van der Waals surface area contributed by atoms with Crippen LogP contribution >= 0.6 is 27.7 Å². The van der Waals surface area contributed by atoms with Crippen molar-refractivity contribution in [2.75, 3.05) is 24.0 Å². The van der Waals surface area contributed by atoms with Crippen LogP contribution in [-0.2, 0) is 0 Å². The van der Waals surface area contributed by atoms with Gasteiger partial charge in [0.1, 0.15) is 0 Å². The molecule has 0 saturated heterocycles. The highest BCUT2D eigenvalue weighted by Crippen LogP contribution is 2.28. The van der Waals surface area contributed by atoms with Crippen LogP contribution in [0.5, 0.6) is 0 Å². The van der Waals surface area contributed by atoms with Gasteiger partial charge in [-0.2, -0.15) is 11.8 Å². The molecule has 0 spiro atoms. The summed E-state index contributed by atoms with van der Waals surface area (Å²) in [4.78, 5) is 2.30. The molecular formula is C13H21BrN2S. The predicted octanol–water partition coefficient (Wildman–Crippen LogP) is 3.66. The second-order valence-electron chi connectivity index (χ2n) is 4.41. The van der Waals surface area contributed by atoms with Crippen molar-refractivity contribution >= 4 is 33.4 Å². The molecule has 0 aliphatic carbocycles. The van der Waals surface area contributed by atoms with Gasteiger partial charge >= 0.3 is 0 Å². The van der Waals surface area contributed by atoms with Crippen molar-refractivity contribution in [3.63, 3.8) is 0 Å². The number of hydrogen-bond acceptors (Lipinski definition) is 3. The van der Waals surface area contributed by atoms with Crippen molar-refractivity contribution in [1.29, 1.82) is 0 Å². The van der Waals surface area contributed by atoms with Crippen LogP contribution < -0.4 is 10.6 Å². The quantitative estimate of drug-likeness (QED) is 0.899. The van der Waals surface area contributed by atoms with E-state index in [0.717, 1.165) is 15.8 Å². The second kappa shape index (κ2) is 6.66. The molecule has 96 valence electrons. The third-order valence-corrected chi connectivity index (χ3v) is 4.45. The van der Waals surface area contributed by atoms with Crippen molar-refractivity contribution in [2.45, 2.75) is 25.9 Å². The van der Waals surface area contributed by atoms with E-state index in [2.05, 4.69) is 59.3 Å². The van der Waals surface area contributed by atoms with E-state index < -0.39 is 0 Å². The van der Waals surface area contributed by atoms with E-state index in [1.807, 2.05) is 18.7 Å². The summed E-state index contributed by atoms with van der Waals surface area (Å²) in [7, 11) is 2.13. The van der Waals surface area contributed by atoms with Crippen LogP contribution in [0.1, 0.15) is 25.5 Å². The molecule has 2 unspecified atom stereocenters. The normalized spacial score (nSPS) is 14.5. The Morgan fingerprint density at radius 3 is 2.53 bits per heavy atom. The maximum absolute atomic E-state index is 5.90. The molecule has 0 bridgehead atoms. The van der Waals surface area contributed by atoms with Crippen molar-refractivity contribution in [3.8, 4) is 0 Å². The fourth-order valence-electron chi connectivity index (χ4n) is 1.71. The third-order valence-electron chi connectivity index (χ3n) is 2.95. The zero-order chi connectivity index (χ0) is 13.0. The van der Waals surface area contributed by atoms with Gasteiger partial charge in [-0.15, -0.1) is 0 Å². The molecule has 2 atom stereocenters. The first-order valence-corrected chi connectivity index (χ1v) is 7.92. The lowest BCUT2D eigenvalue weighted by molar-refractivity contribution is 0.763. The number of halogens is 1. The summed E-state index contributed by atoms with van der Waals surface area (Å²) in [5.74, 6) is 1.13. The Bertz CT molecular complexity index is 368. The van der Waals surface area contributed by atoms with Crippen LogP contribution in [0, 0.1) is 0 Å². The molecule has 0 aliphatic heterocycles. The fourth-order valence-corrected chi connectivity index (χ4v) is 3.15. The maximum atomic E-state index is 5.90. The molecule has 0 aliphatic rings. The number of hydrogen-bond donors (Lipinski definition) is 1. The van der Waals surface area contributed by atoms with Crippen LogP contribution in [0.25, 0.3) is 0 Å². The zero-order valence-electron chi connectivity index (χ0n) is 10.9. The molecule has 0 amide bonds. The lowest BCUT2D eigenvalue weighted by Gasteiger charge is -2.27. The van der Waals surface area contributed by atoms with Gasteiger partial charge in [0.05, 0.1) is 0 Å². The van der Waals surface area contributed by atoms with E-state index in [4.69, 9.17) is 5.73 Å². The van der Waals surface area contributed by atoms with E-state index in [1.165, 1.54) is 5.69 Å². The molecule has 17 heavy (non-hydrogen) atoms. The van der Waals surface area contributed by atoms with Crippen molar-refractivity contribution in [2.24, 2.45) is 5.73 Å². The number of rotatable bonds is 5. The first-order valence-electron chi connectivity index (χ1n) is 5.74. The summed E-state index contributed by atoms with van der Waals surface area (Å²) in [5.41, 5.74) is 8.28. The van der Waals surface area contributed by atoms with Crippen LogP contribution in [0.4, 0.5) is 5.69 Å². The highest BCUT2D eigenvalue weighted by Gasteiger charge is 2.12. The van der Waals surface area contributed by atoms with E-state index in [9.17, 15) is 0 Å². The highest BCUT2D eigenvalue weighted by atomic mass is 79.9. The van der Waals surface area contributed by atoms with Gasteiger partial charge in [-0.3, -0.25) is 0 Å². The Morgan fingerprint density at radius 2 is 2.06 bits per heavy atom. The second-order valence-corrected chi connectivity index (χ2v) is 6.17. The Kier molecular flexibility index (Phi) is 5.83. The zero-order valence-corrected chi connectivity index (χ0v) is 13.3. The standard InChI is InChI=1S/C13H21BrN2S/c1-9(8-17-4)16(3)11-5-6-12(10(2)15)13(14)7-11/h5-7,9-10H,8,15H2,1-4H3. The SMILES string of the molecule is CSCC(C)N(C)c1ccc(C(C)N)c(Br)c1. The summed E-state index contributed by atoms with van der Waals surface area (Å²) in [6.07, 6.45) is 2.14. The van der Waals surface area contributed by atoms with Gasteiger partial charge in [-0.1, -0.05) is 22.0 Å². The highest BCUT2D eigenvalue weighted by molar-refractivity contribution is 9.10. The predicted molar refractivity (Wildman–Crippen MR) is 83.0 cm³/mol. The van der Waals surface area contributed by atoms with Crippen LogP contribution in [0.2, 0.25) is 0 Å². The molecule has 2 N–H and O–H groups in total. The molecule has 0 fully saturated rings. The largest absolute Gasteiger partial charge is 0.371 e. The summed E-state index contributed by atoms with van der Waals surface area (Å²) in [5, 5.41) is 0. The van der Waals surface area contributed by atoms with Crippen molar-refractivity contribution in [1.82, 2.24) is 0 Å². The lowest BCUT2D eigenvalue weighted by Crippen LogP contribution is -2.30. The maximum Gasteiger partial charge on any atom is 0.0377 e. The number of benzene rings is 1. The Morgan fingerprint density at radius 1 is 1.41 bits per heavy atom. The van der Waals surface area contributed by atoms with E-state index in [0.29, 0.717) is 6.04 Å². The minimum Gasteiger partial charge on any atom is -0.371 e. The fraction of sp³-hybridized carbons (Fsp3) is 0.538. The van der Waals surface area contributed by atoms with Crippen LogP contribution in [-0.4, -0.2) is 25.1 Å². The average Bonchev–Trinajstić information content (AvgIpc) is 2.27. The van der Waals surface area contributed by atoms with E-state index in [-0.39, 0.29) is 6.04 Å². The number of nitrogens with zero attached hydrogens (tertiary/aromatic N) is 1. The molecular weight excluding hydrogens is 296 g/mol. The summed E-state index contributed by atoms with van der Waals surface area (Å²) >= 11 is 5.46. The third kappa shape index (κ3) is 3.90. The number of anilines is 1. The molecule has 0 radical (unpaired) electrons. The van der Waals surface area contributed by atoms with Crippen LogP contribution in [0.3, 0.4) is 0 Å². The minimum atomic E-state index is 0.0624. The van der Waals surface area contributed by atoms with Gasteiger partial charge in [0.15, 0.2) is 0 Å². The van der Waals surface area contributed by atoms with Gasteiger partial charge in [-0.05, 0) is 37.8 Å². The molecule has 1 rings (SSSR count). The Labute approximate surface area is 117 Å². The molecule has 2 nitrogen and oxygen atoms in total. The number of nitrogens with two attached hydrogens (primary N) is 1. The van der Waals surface area contributed by atoms with Gasteiger partial charge in [-0.25, -0.2) is 0 Å². The van der Waals surface area contributed by atoms with Crippen molar-refractivity contribution < 1.29 is 0 Å². The van der Waals surface area contributed by atoms with Crippen LogP contribution in [0.15, 0.2) is 22.7 Å². The smallest absolute Gasteiger partial charge is 0.0377 e. The molecule has 1 aromatic carbocycles. The molecule has 1 aromatic rings. The summed E-state index contributed by atoms with van der Waals surface area (Å²) < 4.78 is 1.09. The van der Waals surface area contributed by atoms with Gasteiger partial charge in [0.25, 0.3) is 0 Å². The first-order chi connectivity index (χ1) is 7.97. The molecule has 0 aromatic heterocycles. The van der Waals surface area contributed by atoms with Gasteiger partial charge in [0, 0.05) is 35.0 Å². The monoisotopic (exact) mass is 316 g/mol. The topological polar surface area (TPSA) is 29.3 Å². The van der Waals surface area contributed by atoms with Gasteiger partial charge in [0.2, 0.25) is 0 Å². The Balaban J connectivity index is 2.89. The summed E-state index contributed by atoms with van der Waals surface area (Å²) in [6, 6.07) is 6.98. The average molecular weight is 317 g/mol. The molecule has 0 saturated carbocycles. The lowest BCUT2D eigenvalue weighted by atomic mass is 10.1. The summed E-state index contributed by atoms with van der Waals surface area (Å²) in [6.45, 7) is 4.24. The minimum absolute atomic E-state index is 0.0624. The van der Waals surface area contributed by atoms with Gasteiger partial charge < -0.3 is 10.6 Å².